The van der Waals surface area contributed by atoms with E-state index >= 15 is 0 Å². The molecule has 1 saturated heterocycles. The van der Waals surface area contributed by atoms with Crippen LogP contribution in [0.25, 0.3) is 0 Å². The molecule has 3 rings (SSSR count). The second-order valence-corrected chi connectivity index (χ2v) is 6.98. The zero-order chi connectivity index (χ0) is 15.1. The molecule has 21 heavy (non-hydrogen) atoms. The van der Waals surface area contributed by atoms with Gasteiger partial charge in [-0.05, 0) is 17.7 Å². The zero-order valence-corrected chi connectivity index (χ0v) is 12.5. The van der Waals surface area contributed by atoms with Crippen molar-refractivity contribution >= 4 is 35.4 Å². The van der Waals surface area contributed by atoms with Crippen molar-refractivity contribution in [1.82, 2.24) is 25.5 Å². The van der Waals surface area contributed by atoms with Crippen molar-refractivity contribution in [3.05, 3.63) is 11.3 Å². The molecule has 0 aliphatic carbocycles. The van der Waals surface area contributed by atoms with Gasteiger partial charge in [-0.2, -0.15) is 5.21 Å². The number of nitrogens with one attached hydrogen (secondary N) is 1. The first-order chi connectivity index (χ1) is 10.0. The summed E-state index contributed by atoms with van der Waals surface area (Å²) in [6.45, 7) is 1.85. The average Bonchev–Trinajstić information content (AvgIpc) is 2.97. The molecule has 1 unspecified atom stereocenters. The van der Waals surface area contributed by atoms with Crippen molar-refractivity contribution in [2.75, 3.05) is 5.75 Å². The minimum atomic E-state index is -1.11. The Balaban J connectivity index is 1.90. The third-order valence-electron chi connectivity index (χ3n) is 3.34. The summed E-state index contributed by atoms with van der Waals surface area (Å²) in [6.07, 6.45) is 0. The quantitative estimate of drug-likeness (QED) is 0.482. The van der Waals surface area contributed by atoms with Crippen LogP contribution in [0.4, 0.5) is 0 Å². The fraction of sp³-hybridized carbons (Fsp3) is 0.500. The molecule has 112 valence electrons. The third-order valence-corrected chi connectivity index (χ3v) is 5.69. The fourth-order valence-corrected chi connectivity index (χ4v) is 4.64. The van der Waals surface area contributed by atoms with Gasteiger partial charge in [-0.25, -0.2) is 4.79 Å². The molecule has 0 bridgehead atoms. The van der Waals surface area contributed by atoms with E-state index in [4.69, 9.17) is 5.73 Å². The third kappa shape index (κ3) is 2.30. The van der Waals surface area contributed by atoms with E-state index in [1.165, 1.54) is 28.4 Å². The van der Waals surface area contributed by atoms with Gasteiger partial charge in [0, 0.05) is 11.0 Å². The lowest BCUT2D eigenvalue weighted by atomic mass is 10.0. The van der Waals surface area contributed by atoms with Crippen LogP contribution in [0.15, 0.2) is 16.4 Å². The van der Waals surface area contributed by atoms with Gasteiger partial charge in [-0.3, -0.25) is 9.69 Å². The molecule has 2 aliphatic rings. The highest BCUT2D eigenvalue weighted by atomic mass is 32.2. The van der Waals surface area contributed by atoms with E-state index in [1.807, 2.05) is 6.92 Å². The maximum atomic E-state index is 11.8. The number of carboxylic acid groups (broad SMARTS) is 1. The number of aromatic amines is 1. The van der Waals surface area contributed by atoms with Crippen LogP contribution in [0.2, 0.25) is 0 Å². The van der Waals surface area contributed by atoms with Crippen molar-refractivity contribution in [1.29, 1.82) is 0 Å². The topological polar surface area (TPSA) is 138 Å². The van der Waals surface area contributed by atoms with E-state index in [0.717, 1.165) is 0 Å². The number of carboxylic acids is 1. The molecule has 1 amide bonds. The largest absolute Gasteiger partial charge is 0.477 e. The maximum Gasteiger partial charge on any atom is 0.352 e. The van der Waals surface area contributed by atoms with Crippen LogP contribution in [-0.4, -0.2) is 64.9 Å². The summed E-state index contributed by atoms with van der Waals surface area (Å²) in [5, 5.41) is 22.9. The number of hydrogen-bond acceptors (Lipinski definition) is 8. The van der Waals surface area contributed by atoms with Gasteiger partial charge in [0.1, 0.15) is 17.1 Å². The van der Waals surface area contributed by atoms with Crippen molar-refractivity contribution < 1.29 is 14.7 Å². The standard InChI is InChI=1S/C10H12N6O3S2/c1-3(21-10-12-14-15-13-10)4-2-20-8-5(11)7(17)16(8)6(4)9(18)19/h3,5,8H,2,11H2,1H3,(H,18,19)(H,12,13,14,15)/t3?,5-,8+/m1/s1. The van der Waals surface area contributed by atoms with E-state index in [9.17, 15) is 14.7 Å². The Labute approximate surface area is 127 Å². The summed E-state index contributed by atoms with van der Waals surface area (Å²) in [6, 6.07) is -0.619. The van der Waals surface area contributed by atoms with E-state index in [0.29, 0.717) is 16.5 Å². The molecule has 0 saturated carbocycles. The van der Waals surface area contributed by atoms with Crippen molar-refractivity contribution in [2.45, 2.75) is 28.7 Å². The van der Waals surface area contributed by atoms with E-state index in [-0.39, 0.29) is 22.2 Å². The summed E-state index contributed by atoms with van der Waals surface area (Å²) in [4.78, 5) is 24.7. The molecule has 3 heterocycles. The number of β-lactam (4-membered cyclic amide) rings is 1. The van der Waals surface area contributed by atoms with Crippen LogP contribution in [-0.2, 0) is 9.59 Å². The van der Waals surface area contributed by atoms with Gasteiger partial charge in [-0.1, -0.05) is 11.8 Å². The van der Waals surface area contributed by atoms with Crippen LogP contribution in [0.1, 0.15) is 6.92 Å². The number of fused-ring (bicyclic) bond motifs is 1. The molecule has 1 aromatic heterocycles. The number of amides is 1. The molecule has 1 aromatic rings. The highest BCUT2D eigenvalue weighted by molar-refractivity contribution is 8.01. The first-order valence-electron chi connectivity index (χ1n) is 6.07. The molecule has 9 nitrogen and oxygen atoms in total. The number of nitrogens with two attached hydrogens (primary N) is 1. The highest BCUT2D eigenvalue weighted by Crippen LogP contribution is 2.42. The lowest BCUT2D eigenvalue weighted by Gasteiger charge is -2.48. The monoisotopic (exact) mass is 328 g/mol. The Kier molecular flexibility index (Phi) is 3.63. The van der Waals surface area contributed by atoms with Gasteiger partial charge in [0.05, 0.1) is 0 Å². The van der Waals surface area contributed by atoms with Gasteiger partial charge in [0.25, 0.3) is 0 Å². The number of tetrazole rings is 1. The predicted molar refractivity (Wildman–Crippen MR) is 75.2 cm³/mol. The summed E-state index contributed by atoms with van der Waals surface area (Å²) in [5.74, 6) is -0.953. The molecule has 3 atom stereocenters. The molecule has 2 aliphatic heterocycles. The number of rotatable bonds is 4. The van der Waals surface area contributed by atoms with Crippen LogP contribution in [0.5, 0.6) is 0 Å². The van der Waals surface area contributed by atoms with Gasteiger partial charge in [-0.15, -0.1) is 22.0 Å². The summed E-state index contributed by atoms with van der Waals surface area (Å²) in [7, 11) is 0. The Morgan fingerprint density at radius 2 is 2.43 bits per heavy atom. The number of aromatic nitrogens is 4. The first kappa shape index (κ1) is 14.4. The smallest absolute Gasteiger partial charge is 0.352 e. The maximum absolute atomic E-state index is 11.8. The number of hydrogen-bond donors (Lipinski definition) is 3. The number of aliphatic carboxylic acids is 1. The van der Waals surface area contributed by atoms with E-state index < -0.39 is 12.0 Å². The second-order valence-electron chi connectivity index (χ2n) is 4.57. The molecule has 11 heteroatoms. The normalized spacial score (nSPS) is 26.4. The lowest BCUT2D eigenvalue weighted by molar-refractivity contribution is -0.148. The Morgan fingerprint density at radius 3 is 3.05 bits per heavy atom. The van der Waals surface area contributed by atoms with Crippen molar-refractivity contribution in [3.63, 3.8) is 0 Å². The second kappa shape index (κ2) is 5.31. The van der Waals surface area contributed by atoms with Gasteiger partial charge in [0.15, 0.2) is 0 Å². The number of carbonyl (C=O) groups excluding carboxylic acids is 1. The molecule has 4 N–H and O–H groups in total. The van der Waals surface area contributed by atoms with Gasteiger partial charge >= 0.3 is 5.97 Å². The number of thioether (sulfide) groups is 2. The van der Waals surface area contributed by atoms with Crippen LogP contribution in [0, 0.1) is 0 Å². The number of carbonyl (C=O) groups is 2. The number of H-pyrrole nitrogens is 1. The Hall–Kier alpha value is -1.59. The van der Waals surface area contributed by atoms with E-state index in [1.54, 1.807) is 0 Å². The van der Waals surface area contributed by atoms with E-state index in [2.05, 4.69) is 20.6 Å². The molecule has 0 radical (unpaired) electrons. The average molecular weight is 328 g/mol. The SMILES string of the molecule is CC(Sc1nn[nH]n1)C1=C(C(=O)O)N2C(=O)[C@@H](N)[C@@H]2SC1. The van der Waals surface area contributed by atoms with Crippen molar-refractivity contribution in [2.24, 2.45) is 5.73 Å². The van der Waals surface area contributed by atoms with Crippen LogP contribution in [0.3, 0.4) is 0 Å². The summed E-state index contributed by atoms with van der Waals surface area (Å²) < 4.78 is 0. The predicted octanol–water partition coefficient (Wildman–Crippen LogP) is -0.739. The van der Waals surface area contributed by atoms with Gasteiger partial charge in [0.2, 0.25) is 11.1 Å². The fourth-order valence-electron chi connectivity index (χ4n) is 2.28. The Morgan fingerprint density at radius 1 is 1.67 bits per heavy atom. The molecule has 0 spiro atoms. The summed E-state index contributed by atoms with van der Waals surface area (Å²) in [5.41, 5.74) is 6.41. The van der Waals surface area contributed by atoms with Crippen LogP contribution < -0.4 is 5.73 Å². The zero-order valence-electron chi connectivity index (χ0n) is 10.9. The van der Waals surface area contributed by atoms with Crippen LogP contribution >= 0.6 is 23.5 Å². The lowest BCUT2D eigenvalue weighted by Crippen LogP contribution is -2.68. The highest BCUT2D eigenvalue weighted by Gasteiger charge is 2.52. The minimum absolute atomic E-state index is 0.0361. The van der Waals surface area contributed by atoms with Gasteiger partial charge < -0.3 is 10.8 Å². The molecular weight excluding hydrogens is 316 g/mol. The molecule has 0 aromatic carbocycles. The summed E-state index contributed by atoms with van der Waals surface area (Å²) >= 11 is 2.76. The minimum Gasteiger partial charge on any atom is -0.477 e. The number of nitrogens with zero attached hydrogens (tertiary/aromatic N) is 4. The van der Waals surface area contributed by atoms with Crippen molar-refractivity contribution in [3.8, 4) is 0 Å². The molecular formula is C10H12N6O3S2. The molecule has 1 fully saturated rings. The Bertz CT molecular complexity index is 618. The first-order valence-corrected chi connectivity index (χ1v) is 8.00.